The zero-order valence-corrected chi connectivity index (χ0v) is 20.6. The molecule has 1 aromatic rings. The first-order valence-electron chi connectivity index (χ1n) is 12.8. The third kappa shape index (κ3) is 3.64. The Kier molecular flexibility index (Phi) is 5.96. The summed E-state index contributed by atoms with van der Waals surface area (Å²) in [4.78, 5) is 25.9. The van der Waals surface area contributed by atoms with E-state index >= 15 is 0 Å². The smallest absolute Gasteiger partial charge is 0.354 e. The Labute approximate surface area is 202 Å². The van der Waals surface area contributed by atoms with E-state index in [1.807, 2.05) is 18.2 Å². The van der Waals surface area contributed by atoms with Crippen molar-refractivity contribution in [3.63, 3.8) is 0 Å². The molecule has 2 N–H and O–H groups in total. The van der Waals surface area contributed by atoms with Crippen LogP contribution in [0.3, 0.4) is 0 Å². The van der Waals surface area contributed by atoms with Crippen molar-refractivity contribution in [1.82, 2.24) is 5.32 Å². The summed E-state index contributed by atoms with van der Waals surface area (Å²) in [5.74, 6) is 0.952. The average molecular weight is 464 g/mol. The van der Waals surface area contributed by atoms with E-state index < -0.39 is 5.97 Å². The second-order valence-corrected chi connectivity index (χ2v) is 11.3. The number of ether oxygens (including phenoxy) is 1. The molecule has 3 saturated carbocycles. The summed E-state index contributed by atoms with van der Waals surface area (Å²) in [6.07, 6.45) is 10.1. The molecule has 1 aromatic carbocycles. The van der Waals surface area contributed by atoms with Gasteiger partial charge in [0.1, 0.15) is 5.70 Å². The number of fused-ring (bicyclic) bond motifs is 5. The molecular weight excluding hydrogens is 426 g/mol. The van der Waals surface area contributed by atoms with Gasteiger partial charge in [0.2, 0.25) is 0 Å². The van der Waals surface area contributed by atoms with E-state index in [1.54, 1.807) is 12.1 Å². The first-order valence-corrected chi connectivity index (χ1v) is 12.8. The van der Waals surface area contributed by atoms with Crippen molar-refractivity contribution in [3.8, 4) is 0 Å². The molecule has 182 valence electrons. The van der Waals surface area contributed by atoms with Gasteiger partial charge in [0.05, 0.1) is 13.2 Å². The molecule has 0 bridgehead atoms. The fraction of sp³-hybridized carbons (Fsp3) is 0.586. The van der Waals surface area contributed by atoms with E-state index in [-0.39, 0.29) is 22.8 Å². The van der Waals surface area contributed by atoms with Crippen LogP contribution in [0.15, 0.2) is 53.3 Å². The first kappa shape index (κ1) is 23.3. The lowest BCUT2D eigenvalue weighted by molar-refractivity contribution is -0.136. The largest absolute Gasteiger partial charge is 0.464 e. The number of allylic oxidation sites excluding steroid dienone is 2. The maximum absolute atomic E-state index is 13.0. The molecule has 0 heterocycles. The van der Waals surface area contributed by atoms with E-state index in [2.05, 4.69) is 25.2 Å². The summed E-state index contributed by atoms with van der Waals surface area (Å²) in [6.45, 7) is 4.73. The second-order valence-electron chi connectivity index (χ2n) is 11.3. The van der Waals surface area contributed by atoms with Crippen LogP contribution >= 0.6 is 0 Å². The number of aliphatic hydroxyl groups excluding tert-OH is 1. The fourth-order valence-corrected chi connectivity index (χ4v) is 7.99. The Hall–Kier alpha value is -2.40. The van der Waals surface area contributed by atoms with Crippen molar-refractivity contribution in [2.45, 2.75) is 71.3 Å². The topological polar surface area (TPSA) is 75.6 Å². The highest BCUT2D eigenvalue weighted by atomic mass is 16.5. The first-order chi connectivity index (χ1) is 16.3. The molecule has 4 aliphatic rings. The number of rotatable bonds is 3. The summed E-state index contributed by atoms with van der Waals surface area (Å²) in [7, 11) is 1.38. The quantitative estimate of drug-likeness (QED) is 0.369. The fourth-order valence-electron chi connectivity index (χ4n) is 7.99. The number of esters is 1. The van der Waals surface area contributed by atoms with Crippen LogP contribution in [0.1, 0.15) is 75.6 Å². The molecule has 34 heavy (non-hydrogen) atoms. The van der Waals surface area contributed by atoms with Crippen molar-refractivity contribution < 1.29 is 19.4 Å². The standard InChI is InChI=1S/C29H37NO4/c1-28-15-13-20(31)17-19(28)9-10-21-22-11-12-24(29(22,2)16-14-23(21)28)25(27(33)34-3)30-26(32)18-7-5-4-6-8-18/h4-9,20-23,31H,10-17H2,1-3H3,(H,30,32)/t20-,21-,22-,23-,28-,29-/m0/s1. The maximum atomic E-state index is 13.0. The lowest BCUT2D eigenvalue weighted by atomic mass is 9.48. The van der Waals surface area contributed by atoms with Crippen LogP contribution in [0.4, 0.5) is 0 Å². The number of aliphatic hydroxyl groups is 1. The van der Waals surface area contributed by atoms with Gasteiger partial charge in [-0.1, -0.05) is 43.7 Å². The van der Waals surface area contributed by atoms with Crippen molar-refractivity contribution in [2.24, 2.45) is 28.6 Å². The Balaban J connectivity index is 1.47. The predicted molar refractivity (Wildman–Crippen MR) is 131 cm³/mol. The zero-order chi connectivity index (χ0) is 24.1. The zero-order valence-electron chi connectivity index (χ0n) is 20.6. The lowest BCUT2D eigenvalue weighted by Crippen LogP contribution is -2.49. The molecule has 3 fully saturated rings. The number of carbonyl (C=O) groups excluding carboxylic acids is 2. The number of hydrogen-bond acceptors (Lipinski definition) is 4. The highest BCUT2D eigenvalue weighted by Gasteiger charge is 2.58. The summed E-state index contributed by atoms with van der Waals surface area (Å²) in [6, 6.07) is 9.03. The molecule has 6 atom stereocenters. The number of methoxy groups -OCH3 is 1. The van der Waals surface area contributed by atoms with E-state index in [0.717, 1.165) is 56.9 Å². The number of carbonyl (C=O) groups is 2. The molecule has 0 aliphatic heterocycles. The van der Waals surface area contributed by atoms with Crippen molar-refractivity contribution in [2.75, 3.05) is 7.11 Å². The lowest BCUT2D eigenvalue weighted by Gasteiger charge is -2.57. The van der Waals surface area contributed by atoms with E-state index in [4.69, 9.17) is 4.74 Å². The SMILES string of the molecule is COC(=O)C(NC(=O)c1ccccc1)=C1CC[C@H]2[C@@H]3CC=C4C[C@@H](O)CC[C@]4(C)[C@H]3CC[C@]12C. The Morgan fingerprint density at radius 1 is 1.03 bits per heavy atom. The van der Waals surface area contributed by atoms with Crippen LogP contribution in [-0.2, 0) is 9.53 Å². The summed E-state index contributed by atoms with van der Waals surface area (Å²) in [5, 5.41) is 13.2. The molecule has 4 aliphatic carbocycles. The Bertz CT molecular complexity index is 1040. The van der Waals surface area contributed by atoms with Crippen LogP contribution in [0.2, 0.25) is 0 Å². The third-order valence-corrected chi connectivity index (χ3v) is 9.83. The Morgan fingerprint density at radius 2 is 1.74 bits per heavy atom. The van der Waals surface area contributed by atoms with Crippen LogP contribution in [0.5, 0.6) is 0 Å². The van der Waals surface area contributed by atoms with Gasteiger partial charge in [-0.3, -0.25) is 4.79 Å². The number of benzene rings is 1. The Morgan fingerprint density at radius 3 is 2.47 bits per heavy atom. The molecule has 5 nitrogen and oxygen atoms in total. The van der Waals surface area contributed by atoms with Gasteiger partial charge in [0.25, 0.3) is 5.91 Å². The average Bonchev–Trinajstić information content (AvgIpc) is 3.20. The number of amides is 1. The van der Waals surface area contributed by atoms with Gasteiger partial charge in [-0.15, -0.1) is 0 Å². The van der Waals surface area contributed by atoms with E-state index in [9.17, 15) is 14.7 Å². The number of nitrogens with one attached hydrogen (secondary N) is 1. The van der Waals surface area contributed by atoms with Gasteiger partial charge in [-0.05, 0) is 97.7 Å². The van der Waals surface area contributed by atoms with Gasteiger partial charge in [0.15, 0.2) is 0 Å². The normalized spacial score (nSPS) is 38.1. The molecule has 0 saturated heterocycles. The highest BCUT2D eigenvalue weighted by molar-refractivity contribution is 6.01. The van der Waals surface area contributed by atoms with Gasteiger partial charge in [-0.2, -0.15) is 0 Å². The van der Waals surface area contributed by atoms with Crippen LogP contribution in [-0.4, -0.2) is 30.2 Å². The molecule has 5 heteroatoms. The summed E-state index contributed by atoms with van der Waals surface area (Å²) >= 11 is 0. The highest BCUT2D eigenvalue weighted by Crippen LogP contribution is 2.66. The van der Waals surface area contributed by atoms with Crippen molar-refractivity contribution in [3.05, 3.63) is 58.8 Å². The van der Waals surface area contributed by atoms with Crippen molar-refractivity contribution in [1.29, 1.82) is 0 Å². The molecular formula is C29H37NO4. The monoisotopic (exact) mass is 463 g/mol. The van der Waals surface area contributed by atoms with E-state index in [0.29, 0.717) is 29.0 Å². The third-order valence-electron chi connectivity index (χ3n) is 9.83. The molecule has 0 spiro atoms. The van der Waals surface area contributed by atoms with Gasteiger partial charge in [-0.25, -0.2) is 4.79 Å². The molecule has 0 aromatic heterocycles. The number of hydrogen-bond donors (Lipinski definition) is 2. The van der Waals surface area contributed by atoms with Crippen LogP contribution < -0.4 is 5.32 Å². The van der Waals surface area contributed by atoms with Gasteiger partial charge < -0.3 is 15.2 Å². The van der Waals surface area contributed by atoms with Gasteiger partial charge >= 0.3 is 5.97 Å². The minimum atomic E-state index is -0.456. The minimum absolute atomic E-state index is 0.120. The maximum Gasteiger partial charge on any atom is 0.354 e. The van der Waals surface area contributed by atoms with Gasteiger partial charge in [0, 0.05) is 5.56 Å². The molecule has 1 amide bonds. The van der Waals surface area contributed by atoms with Crippen molar-refractivity contribution >= 4 is 11.9 Å². The second kappa shape index (κ2) is 8.67. The summed E-state index contributed by atoms with van der Waals surface area (Å²) < 4.78 is 5.14. The summed E-state index contributed by atoms with van der Waals surface area (Å²) in [5.41, 5.74) is 3.47. The molecule has 5 rings (SSSR count). The molecule has 0 unspecified atom stereocenters. The van der Waals surface area contributed by atoms with E-state index in [1.165, 1.54) is 12.7 Å². The van der Waals surface area contributed by atoms with Crippen LogP contribution in [0.25, 0.3) is 0 Å². The van der Waals surface area contributed by atoms with Crippen LogP contribution in [0, 0.1) is 28.6 Å². The minimum Gasteiger partial charge on any atom is -0.464 e. The predicted octanol–water partition coefficient (Wildman–Crippen LogP) is 5.17. The molecule has 0 radical (unpaired) electrons.